The molecule has 1 amide bonds. The number of aromatic nitrogens is 1. The summed E-state index contributed by atoms with van der Waals surface area (Å²) in [6.07, 6.45) is 1.51. The van der Waals surface area contributed by atoms with E-state index >= 15 is 0 Å². The zero-order valence-electron chi connectivity index (χ0n) is 21.5. The predicted molar refractivity (Wildman–Crippen MR) is 144 cm³/mol. The maximum absolute atomic E-state index is 13.5. The first-order chi connectivity index (χ1) is 16.9. The van der Waals surface area contributed by atoms with E-state index in [1.165, 1.54) is 0 Å². The topological polar surface area (TPSA) is 71.6 Å². The molecule has 190 valence electrons. The van der Waals surface area contributed by atoms with Gasteiger partial charge in [0.25, 0.3) is 0 Å². The lowest BCUT2D eigenvalue weighted by Crippen LogP contribution is -2.42. The van der Waals surface area contributed by atoms with Gasteiger partial charge in [-0.05, 0) is 75.4 Å². The molecule has 6 nitrogen and oxygen atoms in total. The van der Waals surface area contributed by atoms with Gasteiger partial charge in [0, 0.05) is 45.1 Å². The van der Waals surface area contributed by atoms with Gasteiger partial charge in [0.05, 0.1) is 12.2 Å². The number of hydrogen-bond donors (Lipinski definition) is 1. The predicted octanol–water partition coefficient (Wildman–Crippen LogP) is 6.83. The van der Waals surface area contributed by atoms with Crippen molar-refractivity contribution in [2.24, 2.45) is 5.92 Å². The van der Waals surface area contributed by atoms with Gasteiger partial charge < -0.3 is 19.4 Å². The van der Waals surface area contributed by atoms with Gasteiger partial charge in [-0.25, -0.2) is 4.79 Å². The van der Waals surface area contributed by atoms with Gasteiger partial charge in [0.15, 0.2) is 5.78 Å². The fraction of sp³-hybridized carbons (Fsp3) is 0.448. The zero-order chi connectivity index (χ0) is 25.8. The Morgan fingerprint density at radius 2 is 1.86 bits per heavy atom. The Morgan fingerprint density at radius 3 is 2.56 bits per heavy atom. The molecule has 36 heavy (non-hydrogen) atoms. The van der Waals surface area contributed by atoms with Crippen molar-refractivity contribution in [2.75, 3.05) is 19.7 Å². The van der Waals surface area contributed by atoms with Crippen LogP contribution in [-0.4, -0.2) is 47.1 Å². The number of fused-ring (bicyclic) bond motifs is 4. The highest BCUT2D eigenvalue weighted by Crippen LogP contribution is 2.45. The Bertz CT molecular complexity index is 1340. The molecule has 1 aliphatic carbocycles. The number of carbonyl (C=O) groups excluding carboxylic acids is 2. The Morgan fingerprint density at radius 1 is 1.14 bits per heavy atom. The largest absolute Gasteiger partial charge is 0.493 e. The minimum atomic E-state index is -0.483. The first kappa shape index (κ1) is 24.9. The average molecular weight is 553 g/mol. The van der Waals surface area contributed by atoms with E-state index in [1.54, 1.807) is 4.90 Å². The molecule has 1 fully saturated rings. The van der Waals surface area contributed by atoms with Crippen LogP contribution in [-0.2, 0) is 10.2 Å². The Labute approximate surface area is 220 Å². The Kier molecular flexibility index (Phi) is 6.18. The number of nitrogens with one attached hydrogen (secondary N) is 1. The summed E-state index contributed by atoms with van der Waals surface area (Å²) in [5.41, 5.74) is 3.51. The molecule has 0 spiro atoms. The van der Waals surface area contributed by atoms with Gasteiger partial charge in [-0.1, -0.05) is 35.8 Å². The molecule has 3 aromatic rings. The lowest BCUT2D eigenvalue weighted by atomic mass is 9.71. The minimum Gasteiger partial charge on any atom is -0.493 e. The molecule has 2 heterocycles. The number of aromatic amines is 1. The molecule has 7 heteroatoms. The molecule has 2 aromatic carbocycles. The summed E-state index contributed by atoms with van der Waals surface area (Å²) in [5, 5.41) is 0.954. The highest BCUT2D eigenvalue weighted by molar-refractivity contribution is 9.10. The number of amides is 1. The molecular formula is C29H33BrN2O4. The number of piperidine rings is 1. The van der Waals surface area contributed by atoms with Crippen molar-refractivity contribution < 1.29 is 19.1 Å². The number of ketones is 1. The van der Waals surface area contributed by atoms with Crippen molar-refractivity contribution in [3.8, 4) is 5.75 Å². The van der Waals surface area contributed by atoms with Crippen molar-refractivity contribution >= 4 is 38.7 Å². The van der Waals surface area contributed by atoms with E-state index in [4.69, 9.17) is 9.47 Å². The third-order valence-corrected chi connectivity index (χ3v) is 7.77. The van der Waals surface area contributed by atoms with Gasteiger partial charge in [-0.15, -0.1) is 0 Å². The Balaban J connectivity index is 1.29. The highest BCUT2D eigenvalue weighted by Gasteiger charge is 2.40. The number of carbonyl (C=O) groups is 2. The summed E-state index contributed by atoms with van der Waals surface area (Å²) in [5.74, 6) is 1.19. The normalized spacial score (nSPS) is 17.6. The smallest absolute Gasteiger partial charge is 0.410 e. The van der Waals surface area contributed by atoms with Gasteiger partial charge in [-0.2, -0.15) is 0 Å². The van der Waals surface area contributed by atoms with Crippen LogP contribution in [0.2, 0.25) is 0 Å². The SMILES string of the molecule is CC(C)(C)OC(=O)N1CCC(COc2ccc3c(c2)C(C)(C)c2[nH]c4cc(Br)ccc4c2C3=O)CC1. The number of halogens is 1. The monoisotopic (exact) mass is 552 g/mol. The van der Waals surface area contributed by atoms with Crippen LogP contribution in [0.15, 0.2) is 40.9 Å². The second-order valence-electron chi connectivity index (χ2n) is 11.4. The van der Waals surface area contributed by atoms with E-state index in [1.807, 2.05) is 57.2 Å². The summed E-state index contributed by atoms with van der Waals surface area (Å²) in [6, 6.07) is 11.8. The fourth-order valence-electron chi connectivity index (χ4n) is 5.29. The van der Waals surface area contributed by atoms with Crippen LogP contribution >= 0.6 is 15.9 Å². The van der Waals surface area contributed by atoms with Gasteiger partial charge in [0.1, 0.15) is 11.4 Å². The lowest BCUT2D eigenvalue weighted by Gasteiger charge is -2.34. The van der Waals surface area contributed by atoms with Crippen molar-refractivity contribution in [1.82, 2.24) is 9.88 Å². The molecule has 0 saturated carbocycles. The number of hydrogen-bond acceptors (Lipinski definition) is 4. The van der Waals surface area contributed by atoms with Crippen molar-refractivity contribution in [3.63, 3.8) is 0 Å². The van der Waals surface area contributed by atoms with Crippen LogP contribution in [0.5, 0.6) is 5.75 Å². The van der Waals surface area contributed by atoms with Crippen molar-refractivity contribution in [1.29, 1.82) is 0 Å². The van der Waals surface area contributed by atoms with E-state index < -0.39 is 5.60 Å². The van der Waals surface area contributed by atoms with E-state index in [9.17, 15) is 9.59 Å². The van der Waals surface area contributed by atoms with E-state index in [-0.39, 0.29) is 17.3 Å². The van der Waals surface area contributed by atoms with E-state index in [0.29, 0.717) is 25.6 Å². The van der Waals surface area contributed by atoms with Crippen LogP contribution in [0.1, 0.15) is 74.6 Å². The number of nitrogens with zero attached hydrogens (tertiary/aromatic N) is 1. The number of H-pyrrole nitrogens is 1. The van der Waals surface area contributed by atoms with Crippen LogP contribution in [0.25, 0.3) is 10.9 Å². The second-order valence-corrected chi connectivity index (χ2v) is 12.4. The standard InChI is InChI=1S/C29H33BrN2O4/c1-28(2,3)36-27(34)32-12-10-17(11-13-32)16-35-19-7-9-20-22(15-19)29(4,5)26-24(25(20)33)21-8-6-18(30)14-23(21)31-26/h6-9,14-15,17,31H,10-13,16H2,1-5H3. The van der Waals surface area contributed by atoms with Gasteiger partial charge >= 0.3 is 6.09 Å². The van der Waals surface area contributed by atoms with Crippen LogP contribution in [0.3, 0.4) is 0 Å². The van der Waals surface area contributed by atoms with Crippen LogP contribution in [0.4, 0.5) is 4.79 Å². The molecule has 0 radical (unpaired) electrons. The molecule has 0 unspecified atom stereocenters. The second kappa shape index (κ2) is 8.94. The molecule has 1 saturated heterocycles. The van der Waals surface area contributed by atoms with Crippen molar-refractivity contribution in [2.45, 2.75) is 58.5 Å². The third kappa shape index (κ3) is 4.54. The maximum atomic E-state index is 13.5. The lowest BCUT2D eigenvalue weighted by molar-refractivity contribution is 0.0165. The number of ether oxygens (including phenoxy) is 2. The maximum Gasteiger partial charge on any atom is 0.410 e. The first-order valence-electron chi connectivity index (χ1n) is 12.6. The fourth-order valence-corrected chi connectivity index (χ4v) is 5.66. The number of benzene rings is 2. The van der Waals surface area contributed by atoms with E-state index in [0.717, 1.165) is 56.4 Å². The van der Waals surface area contributed by atoms with Crippen LogP contribution < -0.4 is 4.74 Å². The Hall–Kier alpha value is -2.80. The van der Waals surface area contributed by atoms with Gasteiger partial charge in [-0.3, -0.25) is 4.79 Å². The molecular weight excluding hydrogens is 520 g/mol. The quantitative estimate of drug-likeness (QED) is 0.386. The molecule has 1 aliphatic heterocycles. The van der Waals surface area contributed by atoms with Crippen LogP contribution in [0, 0.1) is 5.92 Å². The molecule has 1 aromatic heterocycles. The summed E-state index contributed by atoms with van der Waals surface area (Å²) >= 11 is 3.53. The summed E-state index contributed by atoms with van der Waals surface area (Å²) in [7, 11) is 0. The number of rotatable bonds is 3. The van der Waals surface area contributed by atoms with E-state index in [2.05, 4.69) is 34.8 Å². The van der Waals surface area contributed by atoms with Crippen molar-refractivity contribution in [3.05, 3.63) is 63.3 Å². The number of likely N-dealkylation sites (tertiary alicyclic amines) is 1. The van der Waals surface area contributed by atoms with Gasteiger partial charge in [0.2, 0.25) is 0 Å². The summed E-state index contributed by atoms with van der Waals surface area (Å²) in [4.78, 5) is 31.2. The summed E-state index contributed by atoms with van der Waals surface area (Å²) < 4.78 is 12.7. The molecule has 5 rings (SSSR count). The minimum absolute atomic E-state index is 0.0500. The molecule has 0 bridgehead atoms. The molecule has 0 atom stereocenters. The third-order valence-electron chi connectivity index (χ3n) is 7.27. The first-order valence-corrected chi connectivity index (χ1v) is 13.3. The average Bonchev–Trinajstić information content (AvgIpc) is 3.20. The zero-order valence-corrected chi connectivity index (χ0v) is 23.1. The summed E-state index contributed by atoms with van der Waals surface area (Å²) in [6.45, 7) is 11.9. The molecule has 2 aliphatic rings. The highest BCUT2D eigenvalue weighted by atomic mass is 79.9. The molecule has 1 N–H and O–H groups in total.